The van der Waals surface area contributed by atoms with Crippen LogP contribution in [0.1, 0.15) is 17.5 Å². The largest absolute Gasteiger partial charge is 0.346 e. The molecular weight excluding hydrogens is 317 g/mol. The van der Waals surface area contributed by atoms with Gasteiger partial charge in [0.2, 0.25) is 0 Å². The predicted octanol–water partition coefficient (Wildman–Crippen LogP) is 3.02. The Morgan fingerprint density at radius 3 is 3.04 bits per heavy atom. The minimum absolute atomic E-state index is 0.454. The van der Waals surface area contributed by atoms with Crippen LogP contribution in [0.4, 0.5) is 4.39 Å². The Hall–Kier alpha value is -2.61. The van der Waals surface area contributed by atoms with Gasteiger partial charge in [-0.3, -0.25) is 4.98 Å². The Labute approximate surface area is 136 Å². The number of nitrogens with one attached hydrogen (secondary N) is 1. The van der Waals surface area contributed by atoms with Gasteiger partial charge in [-0.1, -0.05) is 5.16 Å². The third kappa shape index (κ3) is 3.59. The zero-order valence-corrected chi connectivity index (χ0v) is 13.3. The van der Waals surface area contributed by atoms with E-state index in [4.69, 9.17) is 4.84 Å². The van der Waals surface area contributed by atoms with Gasteiger partial charge in [0.25, 0.3) is 6.35 Å². The second-order valence-corrected chi connectivity index (χ2v) is 5.78. The number of hydrogen-bond acceptors (Lipinski definition) is 7. The number of aliphatic imine (C=N–C) groups is 1. The lowest BCUT2D eigenvalue weighted by Crippen LogP contribution is -2.27. The molecule has 1 aliphatic rings. The van der Waals surface area contributed by atoms with Crippen LogP contribution in [-0.4, -0.2) is 28.2 Å². The first-order valence-corrected chi connectivity index (χ1v) is 7.68. The first kappa shape index (κ1) is 15.3. The van der Waals surface area contributed by atoms with E-state index < -0.39 is 12.2 Å². The highest BCUT2D eigenvalue weighted by Crippen LogP contribution is 2.27. The molecule has 6 nitrogen and oxygen atoms in total. The van der Waals surface area contributed by atoms with Gasteiger partial charge in [-0.2, -0.15) is 0 Å². The molecule has 8 heteroatoms. The van der Waals surface area contributed by atoms with E-state index in [-0.39, 0.29) is 0 Å². The third-order valence-corrected chi connectivity index (χ3v) is 4.34. The molecule has 23 heavy (non-hydrogen) atoms. The van der Waals surface area contributed by atoms with Crippen molar-refractivity contribution < 1.29 is 9.23 Å². The Bertz CT molecular complexity index is 784. The minimum Gasteiger partial charge on any atom is -0.346 e. The van der Waals surface area contributed by atoms with E-state index in [0.717, 1.165) is 27.4 Å². The standard InChI is InChI=1S/C15H14FN5OS/c1-9-13(23-14(20-9)11-4-3-5-17-6-11)10(2)21-22-15-18-7-12(16)8-19-15/h3-8,15,18H,1-2H3/b21-10+. The van der Waals surface area contributed by atoms with Crippen molar-refractivity contribution in [2.75, 3.05) is 0 Å². The van der Waals surface area contributed by atoms with Crippen molar-refractivity contribution in [2.45, 2.75) is 20.2 Å². The van der Waals surface area contributed by atoms with Crippen LogP contribution in [0.5, 0.6) is 0 Å². The molecule has 0 saturated heterocycles. The van der Waals surface area contributed by atoms with E-state index in [0.29, 0.717) is 5.71 Å². The van der Waals surface area contributed by atoms with Gasteiger partial charge in [0.15, 0.2) is 5.83 Å². The van der Waals surface area contributed by atoms with Crippen LogP contribution in [0, 0.1) is 6.92 Å². The Morgan fingerprint density at radius 2 is 2.35 bits per heavy atom. The van der Waals surface area contributed by atoms with Gasteiger partial charge in [-0.25, -0.2) is 14.4 Å². The molecular formula is C15H14FN5OS. The fourth-order valence-corrected chi connectivity index (χ4v) is 2.94. The van der Waals surface area contributed by atoms with Crippen LogP contribution in [0.25, 0.3) is 10.6 Å². The van der Waals surface area contributed by atoms with Gasteiger partial charge in [0.05, 0.1) is 22.5 Å². The lowest BCUT2D eigenvalue weighted by Gasteiger charge is -2.13. The smallest absolute Gasteiger partial charge is 0.292 e. The van der Waals surface area contributed by atoms with Crippen molar-refractivity contribution in [1.29, 1.82) is 0 Å². The average Bonchev–Trinajstić information content (AvgIpc) is 2.97. The Morgan fingerprint density at radius 1 is 1.48 bits per heavy atom. The highest BCUT2D eigenvalue weighted by molar-refractivity contribution is 7.17. The van der Waals surface area contributed by atoms with E-state index in [1.165, 1.54) is 17.5 Å². The van der Waals surface area contributed by atoms with Crippen LogP contribution in [-0.2, 0) is 4.84 Å². The maximum absolute atomic E-state index is 12.8. The lowest BCUT2D eigenvalue weighted by molar-refractivity contribution is 0.0497. The average molecular weight is 331 g/mol. The summed E-state index contributed by atoms with van der Waals surface area (Å²) in [6.07, 6.45) is 5.04. The van der Waals surface area contributed by atoms with Crippen molar-refractivity contribution in [2.24, 2.45) is 10.1 Å². The summed E-state index contributed by atoms with van der Waals surface area (Å²) >= 11 is 1.52. The number of nitrogens with zero attached hydrogens (tertiary/aromatic N) is 4. The quantitative estimate of drug-likeness (QED) is 0.690. The molecule has 0 radical (unpaired) electrons. The van der Waals surface area contributed by atoms with Gasteiger partial charge in [0, 0.05) is 24.2 Å². The topological polar surface area (TPSA) is 71.8 Å². The summed E-state index contributed by atoms with van der Waals surface area (Å²) in [5.74, 6) is -0.454. The van der Waals surface area contributed by atoms with Crippen molar-refractivity contribution in [1.82, 2.24) is 15.3 Å². The summed E-state index contributed by atoms with van der Waals surface area (Å²) in [4.78, 5) is 18.6. The predicted molar refractivity (Wildman–Crippen MR) is 88.0 cm³/mol. The van der Waals surface area contributed by atoms with E-state index in [1.54, 1.807) is 12.4 Å². The van der Waals surface area contributed by atoms with Crippen molar-refractivity contribution in [3.8, 4) is 10.6 Å². The van der Waals surface area contributed by atoms with Gasteiger partial charge < -0.3 is 10.2 Å². The highest BCUT2D eigenvalue weighted by Gasteiger charge is 2.14. The normalized spacial score (nSPS) is 17.6. The second kappa shape index (κ2) is 6.66. The molecule has 118 valence electrons. The summed E-state index contributed by atoms with van der Waals surface area (Å²) in [5.41, 5.74) is 2.51. The molecule has 0 saturated carbocycles. The molecule has 3 heterocycles. The van der Waals surface area contributed by atoms with Crippen LogP contribution in [0.3, 0.4) is 0 Å². The van der Waals surface area contributed by atoms with Crippen LogP contribution >= 0.6 is 11.3 Å². The molecule has 0 amide bonds. The van der Waals surface area contributed by atoms with Crippen LogP contribution in [0.2, 0.25) is 0 Å². The van der Waals surface area contributed by atoms with E-state index in [9.17, 15) is 4.39 Å². The Balaban J connectivity index is 1.75. The van der Waals surface area contributed by atoms with Crippen LogP contribution < -0.4 is 5.32 Å². The molecule has 0 spiro atoms. The molecule has 2 aromatic rings. The molecule has 0 fully saturated rings. The number of halogens is 1. The number of rotatable bonds is 4. The monoisotopic (exact) mass is 331 g/mol. The van der Waals surface area contributed by atoms with Gasteiger partial charge in [-0.15, -0.1) is 11.3 Å². The molecule has 0 aromatic carbocycles. The molecule has 0 bridgehead atoms. The van der Waals surface area contributed by atoms with E-state index >= 15 is 0 Å². The fourth-order valence-electron chi connectivity index (χ4n) is 1.94. The van der Waals surface area contributed by atoms with Crippen molar-refractivity contribution in [3.05, 3.63) is 47.1 Å². The Kier molecular flexibility index (Phi) is 4.42. The number of allylic oxidation sites excluding steroid dienone is 1. The first-order chi connectivity index (χ1) is 11.1. The molecule has 0 aliphatic carbocycles. The van der Waals surface area contributed by atoms with Crippen molar-refractivity contribution >= 4 is 23.3 Å². The van der Waals surface area contributed by atoms with Crippen molar-refractivity contribution in [3.63, 3.8) is 0 Å². The third-order valence-electron chi connectivity index (χ3n) is 3.02. The summed E-state index contributed by atoms with van der Waals surface area (Å²) in [5, 5.41) is 7.57. The minimum atomic E-state index is -0.726. The number of oxime groups is 1. The summed E-state index contributed by atoms with van der Waals surface area (Å²) < 4.78 is 12.8. The SMILES string of the molecule is C/C(=N\OC1N=CC(F)=CN1)c1sc(-c2cccnc2)nc1C. The molecule has 2 aromatic heterocycles. The lowest BCUT2D eigenvalue weighted by atomic mass is 10.3. The zero-order valence-electron chi connectivity index (χ0n) is 12.5. The van der Waals surface area contributed by atoms with Gasteiger partial charge in [0.1, 0.15) is 5.01 Å². The molecule has 1 unspecified atom stereocenters. The van der Waals surface area contributed by atoms with E-state index in [2.05, 4.69) is 25.4 Å². The second-order valence-electron chi connectivity index (χ2n) is 4.78. The fraction of sp³-hybridized carbons (Fsp3) is 0.200. The number of thiazole rings is 1. The van der Waals surface area contributed by atoms with Crippen LogP contribution in [0.15, 0.2) is 46.7 Å². The summed E-state index contributed by atoms with van der Waals surface area (Å²) in [7, 11) is 0. The molecule has 1 N–H and O–H groups in total. The number of hydrogen-bond donors (Lipinski definition) is 1. The summed E-state index contributed by atoms with van der Waals surface area (Å²) in [6.45, 7) is 3.75. The summed E-state index contributed by atoms with van der Waals surface area (Å²) in [6, 6.07) is 3.83. The maximum Gasteiger partial charge on any atom is 0.292 e. The number of aryl methyl sites for hydroxylation is 1. The molecule has 1 atom stereocenters. The number of aromatic nitrogens is 2. The highest BCUT2D eigenvalue weighted by atomic mass is 32.1. The van der Waals surface area contributed by atoms with Gasteiger partial charge >= 0.3 is 0 Å². The molecule has 1 aliphatic heterocycles. The van der Waals surface area contributed by atoms with Gasteiger partial charge in [-0.05, 0) is 26.0 Å². The first-order valence-electron chi connectivity index (χ1n) is 6.87. The number of pyridine rings is 1. The maximum atomic E-state index is 12.8. The molecule has 3 rings (SSSR count). The zero-order chi connectivity index (χ0) is 16.2. The van der Waals surface area contributed by atoms with E-state index in [1.807, 2.05) is 26.0 Å².